The second-order valence-electron chi connectivity index (χ2n) is 6.25. The summed E-state index contributed by atoms with van der Waals surface area (Å²) in [6, 6.07) is 8.73. The van der Waals surface area contributed by atoms with E-state index >= 15 is 0 Å². The van der Waals surface area contributed by atoms with Crippen molar-refractivity contribution in [2.24, 2.45) is 5.92 Å². The molecule has 3 nitrogen and oxygen atoms in total. The fourth-order valence-electron chi connectivity index (χ4n) is 3.78. The van der Waals surface area contributed by atoms with E-state index in [2.05, 4.69) is 5.32 Å². The fourth-order valence-corrected chi connectivity index (χ4v) is 3.78. The molecule has 3 unspecified atom stereocenters. The molecule has 0 saturated carbocycles. The standard InChI is InChI=1S/C19H15F2NO2/c20-12-8-15-13-2-1-3-14(13)17(22-18(15)16(21)9-12)10-4-6-11(7-5-10)19(23)24/h1-2,4-9,13-14,17,22H,3H2,(H,23,24). The molecule has 4 rings (SSSR count). The molecule has 1 aliphatic carbocycles. The van der Waals surface area contributed by atoms with Gasteiger partial charge in [0.15, 0.2) is 0 Å². The minimum Gasteiger partial charge on any atom is -0.478 e. The summed E-state index contributed by atoms with van der Waals surface area (Å²) >= 11 is 0. The molecule has 2 N–H and O–H groups in total. The second-order valence-corrected chi connectivity index (χ2v) is 6.25. The maximum absolute atomic E-state index is 14.2. The molecule has 24 heavy (non-hydrogen) atoms. The largest absolute Gasteiger partial charge is 0.478 e. The van der Waals surface area contributed by atoms with Crippen LogP contribution in [0, 0.1) is 17.6 Å². The van der Waals surface area contributed by atoms with Crippen molar-refractivity contribution in [2.45, 2.75) is 18.4 Å². The number of carboxylic acids is 1. The summed E-state index contributed by atoms with van der Waals surface area (Å²) in [4.78, 5) is 11.0. The number of carboxylic acid groups (broad SMARTS) is 1. The lowest BCUT2D eigenvalue weighted by Gasteiger charge is -2.37. The van der Waals surface area contributed by atoms with Crippen LogP contribution in [0.3, 0.4) is 0 Å². The number of carbonyl (C=O) groups is 1. The Morgan fingerprint density at radius 1 is 1.17 bits per heavy atom. The molecule has 0 saturated heterocycles. The summed E-state index contributed by atoms with van der Waals surface area (Å²) in [7, 11) is 0. The smallest absolute Gasteiger partial charge is 0.335 e. The van der Waals surface area contributed by atoms with Gasteiger partial charge in [-0.25, -0.2) is 13.6 Å². The zero-order chi connectivity index (χ0) is 16.8. The highest BCUT2D eigenvalue weighted by Gasteiger charge is 2.39. The first-order valence-electron chi connectivity index (χ1n) is 7.80. The predicted octanol–water partition coefficient (Wildman–Crippen LogP) is 4.49. The van der Waals surface area contributed by atoms with Gasteiger partial charge in [-0.1, -0.05) is 24.3 Å². The molecule has 5 heteroatoms. The number of anilines is 1. The number of rotatable bonds is 2. The monoisotopic (exact) mass is 327 g/mol. The van der Waals surface area contributed by atoms with Crippen molar-refractivity contribution >= 4 is 11.7 Å². The van der Waals surface area contributed by atoms with Crippen molar-refractivity contribution < 1.29 is 18.7 Å². The SMILES string of the molecule is O=C(O)c1ccc(C2Nc3c(F)cc(F)cc3C3C=CCC32)cc1. The summed E-state index contributed by atoms with van der Waals surface area (Å²) in [5.41, 5.74) is 2.08. The lowest BCUT2D eigenvalue weighted by Crippen LogP contribution is -2.30. The van der Waals surface area contributed by atoms with E-state index in [1.807, 2.05) is 12.2 Å². The third kappa shape index (κ3) is 2.28. The van der Waals surface area contributed by atoms with Crippen LogP contribution in [0.4, 0.5) is 14.5 Å². The van der Waals surface area contributed by atoms with Gasteiger partial charge < -0.3 is 10.4 Å². The van der Waals surface area contributed by atoms with Crippen LogP contribution >= 0.6 is 0 Å². The van der Waals surface area contributed by atoms with Crippen molar-refractivity contribution in [3.05, 3.63) is 76.9 Å². The van der Waals surface area contributed by atoms with Crippen LogP contribution in [-0.4, -0.2) is 11.1 Å². The molecule has 0 radical (unpaired) electrons. The molecule has 0 spiro atoms. The van der Waals surface area contributed by atoms with E-state index in [1.54, 1.807) is 24.3 Å². The number of hydrogen-bond acceptors (Lipinski definition) is 2. The molecule has 0 fully saturated rings. The number of allylic oxidation sites excluding steroid dienone is 2. The van der Waals surface area contributed by atoms with Gasteiger partial charge in [0, 0.05) is 12.0 Å². The fraction of sp³-hybridized carbons (Fsp3) is 0.211. The van der Waals surface area contributed by atoms with E-state index in [0.717, 1.165) is 18.1 Å². The molecule has 0 amide bonds. The normalized spacial score (nSPS) is 24.2. The molecule has 1 aliphatic heterocycles. The quantitative estimate of drug-likeness (QED) is 0.799. The zero-order valence-corrected chi connectivity index (χ0v) is 12.7. The lowest BCUT2D eigenvalue weighted by molar-refractivity contribution is 0.0697. The molecular weight excluding hydrogens is 312 g/mol. The minimum atomic E-state index is -0.981. The molecule has 2 aromatic rings. The van der Waals surface area contributed by atoms with Gasteiger partial charge in [0.25, 0.3) is 0 Å². The first-order valence-corrected chi connectivity index (χ1v) is 7.80. The van der Waals surface area contributed by atoms with Crippen LogP contribution in [0.15, 0.2) is 48.6 Å². The third-order valence-corrected chi connectivity index (χ3v) is 4.90. The Kier molecular flexibility index (Phi) is 3.37. The number of halogens is 2. The summed E-state index contributed by atoms with van der Waals surface area (Å²) < 4.78 is 27.8. The maximum atomic E-state index is 14.2. The summed E-state index contributed by atoms with van der Waals surface area (Å²) in [5.74, 6) is -2.05. The first-order chi connectivity index (χ1) is 11.5. The van der Waals surface area contributed by atoms with Crippen LogP contribution in [0.25, 0.3) is 0 Å². The highest BCUT2D eigenvalue weighted by atomic mass is 19.1. The zero-order valence-electron chi connectivity index (χ0n) is 12.7. The number of hydrogen-bond donors (Lipinski definition) is 2. The van der Waals surface area contributed by atoms with Crippen LogP contribution in [0.1, 0.15) is 39.9 Å². The predicted molar refractivity (Wildman–Crippen MR) is 86.1 cm³/mol. The molecule has 0 aromatic heterocycles. The molecule has 1 heterocycles. The summed E-state index contributed by atoms with van der Waals surface area (Å²) in [6.45, 7) is 0. The van der Waals surface area contributed by atoms with Crippen LogP contribution < -0.4 is 5.32 Å². The minimum absolute atomic E-state index is 0.0457. The van der Waals surface area contributed by atoms with Crippen molar-refractivity contribution in [3.8, 4) is 0 Å². The Morgan fingerprint density at radius 2 is 1.92 bits per heavy atom. The van der Waals surface area contributed by atoms with Crippen molar-refractivity contribution in [1.29, 1.82) is 0 Å². The van der Waals surface area contributed by atoms with Gasteiger partial charge in [0.05, 0.1) is 17.3 Å². The molecule has 122 valence electrons. The Hall–Kier alpha value is -2.69. The van der Waals surface area contributed by atoms with Crippen molar-refractivity contribution in [1.82, 2.24) is 0 Å². The van der Waals surface area contributed by atoms with E-state index in [9.17, 15) is 13.6 Å². The molecule has 0 bridgehead atoms. The topological polar surface area (TPSA) is 49.3 Å². The van der Waals surface area contributed by atoms with Gasteiger partial charge in [-0.05, 0) is 41.7 Å². The summed E-state index contributed by atoms with van der Waals surface area (Å²) in [5, 5.41) is 12.2. The van der Waals surface area contributed by atoms with Gasteiger partial charge in [-0.2, -0.15) is 0 Å². The van der Waals surface area contributed by atoms with Gasteiger partial charge in [0.2, 0.25) is 0 Å². The van der Waals surface area contributed by atoms with Gasteiger partial charge in [-0.15, -0.1) is 0 Å². The van der Waals surface area contributed by atoms with Crippen LogP contribution in [0.2, 0.25) is 0 Å². The van der Waals surface area contributed by atoms with Gasteiger partial charge in [-0.3, -0.25) is 0 Å². The third-order valence-electron chi connectivity index (χ3n) is 4.90. The van der Waals surface area contributed by atoms with Crippen molar-refractivity contribution in [2.75, 3.05) is 5.32 Å². The van der Waals surface area contributed by atoms with E-state index in [0.29, 0.717) is 11.3 Å². The van der Waals surface area contributed by atoms with E-state index in [1.165, 1.54) is 6.07 Å². The number of fused-ring (bicyclic) bond motifs is 3. The average molecular weight is 327 g/mol. The summed E-state index contributed by atoms with van der Waals surface area (Å²) in [6.07, 6.45) is 4.84. The van der Waals surface area contributed by atoms with E-state index in [4.69, 9.17) is 5.11 Å². The molecular formula is C19H15F2NO2. The van der Waals surface area contributed by atoms with Crippen LogP contribution in [0.5, 0.6) is 0 Å². The number of aromatic carboxylic acids is 1. The Bertz CT molecular complexity index is 845. The maximum Gasteiger partial charge on any atom is 0.335 e. The molecule has 3 atom stereocenters. The molecule has 2 aliphatic rings. The van der Waals surface area contributed by atoms with E-state index < -0.39 is 17.6 Å². The highest BCUT2D eigenvalue weighted by Crippen LogP contribution is 2.50. The van der Waals surface area contributed by atoms with Gasteiger partial charge >= 0.3 is 5.97 Å². The second kappa shape index (κ2) is 5.44. The molecule has 2 aromatic carbocycles. The number of benzene rings is 2. The Balaban J connectivity index is 1.76. The van der Waals surface area contributed by atoms with E-state index in [-0.39, 0.29) is 23.4 Å². The first kappa shape index (κ1) is 14.9. The average Bonchev–Trinajstić information content (AvgIpc) is 3.04. The van der Waals surface area contributed by atoms with Crippen LogP contribution in [-0.2, 0) is 0 Å². The highest BCUT2D eigenvalue weighted by molar-refractivity contribution is 5.87. The van der Waals surface area contributed by atoms with Gasteiger partial charge in [0.1, 0.15) is 11.6 Å². The van der Waals surface area contributed by atoms with Crippen molar-refractivity contribution in [3.63, 3.8) is 0 Å². The number of nitrogens with one attached hydrogen (secondary N) is 1. The Labute approximate surface area is 137 Å². The lowest BCUT2D eigenvalue weighted by atomic mass is 9.77. The Morgan fingerprint density at radius 3 is 2.62 bits per heavy atom.